The van der Waals surface area contributed by atoms with Gasteiger partial charge in [-0.15, -0.1) is 0 Å². The fraction of sp³-hybridized carbons (Fsp3) is 0.409. The van der Waals surface area contributed by atoms with Crippen LogP contribution in [0.15, 0.2) is 48.5 Å². The first-order chi connectivity index (χ1) is 12.6. The molecule has 0 atom stereocenters. The van der Waals surface area contributed by atoms with Gasteiger partial charge < -0.3 is 10.1 Å². The third-order valence-corrected chi connectivity index (χ3v) is 4.90. The van der Waals surface area contributed by atoms with Crippen molar-refractivity contribution in [1.29, 1.82) is 0 Å². The molecule has 0 bridgehead atoms. The van der Waals surface area contributed by atoms with Crippen molar-refractivity contribution in [2.24, 2.45) is 5.92 Å². The molecular formula is C22H28N2O2. The molecule has 4 heteroatoms. The van der Waals surface area contributed by atoms with Crippen LogP contribution in [0.25, 0.3) is 0 Å². The van der Waals surface area contributed by atoms with Gasteiger partial charge in [-0.2, -0.15) is 0 Å². The summed E-state index contributed by atoms with van der Waals surface area (Å²) in [6.45, 7) is 7.57. The maximum Gasteiger partial charge on any atom is 0.227 e. The number of nitrogens with one attached hydrogen (secondary N) is 1. The molecule has 4 nitrogen and oxygen atoms in total. The Kier molecular flexibility index (Phi) is 6.29. The predicted molar refractivity (Wildman–Crippen MR) is 105 cm³/mol. The molecule has 1 aliphatic heterocycles. The van der Waals surface area contributed by atoms with Gasteiger partial charge in [-0.1, -0.05) is 35.9 Å². The van der Waals surface area contributed by atoms with Crippen LogP contribution in [-0.4, -0.2) is 30.5 Å². The second-order valence-electron chi connectivity index (χ2n) is 6.99. The van der Waals surface area contributed by atoms with E-state index in [0.29, 0.717) is 6.61 Å². The van der Waals surface area contributed by atoms with Crippen LogP contribution in [0.4, 0.5) is 5.69 Å². The number of piperidine rings is 1. The summed E-state index contributed by atoms with van der Waals surface area (Å²) in [6, 6.07) is 16.3. The zero-order valence-electron chi connectivity index (χ0n) is 15.7. The highest BCUT2D eigenvalue weighted by Gasteiger charge is 2.25. The van der Waals surface area contributed by atoms with E-state index in [4.69, 9.17) is 4.74 Å². The molecule has 1 aliphatic rings. The summed E-state index contributed by atoms with van der Waals surface area (Å²) in [5.41, 5.74) is 3.44. The van der Waals surface area contributed by atoms with Crippen molar-refractivity contribution in [2.75, 3.05) is 25.0 Å². The molecule has 1 fully saturated rings. The lowest BCUT2D eigenvalue weighted by atomic mass is 9.95. The first-order valence-electron chi connectivity index (χ1n) is 9.45. The highest BCUT2D eigenvalue weighted by molar-refractivity contribution is 5.92. The molecule has 0 spiro atoms. The average Bonchev–Trinajstić information content (AvgIpc) is 2.65. The van der Waals surface area contributed by atoms with Crippen LogP contribution < -0.4 is 10.1 Å². The first kappa shape index (κ1) is 18.5. The molecule has 2 aromatic carbocycles. The number of anilines is 1. The molecule has 0 radical (unpaired) electrons. The number of carbonyl (C=O) groups excluding carboxylic acids is 1. The summed E-state index contributed by atoms with van der Waals surface area (Å²) < 4.78 is 5.49. The zero-order valence-corrected chi connectivity index (χ0v) is 15.7. The summed E-state index contributed by atoms with van der Waals surface area (Å²) in [5.74, 6) is 0.992. The summed E-state index contributed by atoms with van der Waals surface area (Å²) in [7, 11) is 0. The van der Waals surface area contributed by atoms with Crippen molar-refractivity contribution in [2.45, 2.75) is 33.2 Å². The Morgan fingerprint density at radius 1 is 1.15 bits per heavy atom. The van der Waals surface area contributed by atoms with Crippen molar-refractivity contribution < 1.29 is 9.53 Å². The van der Waals surface area contributed by atoms with Gasteiger partial charge in [0.2, 0.25) is 5.91 Å². The molecule has 1 saturated heterocycles. The lowest BCUT2D eigenvalue weighted by molar-refractivity contribution is -0.121. The van der Waals surface area contributed by atoms with Crippen LogP contribution in [0.2, 0.25) is 0 Å². The predicted octanol–water partition coefficient (Wildman–Crippen LogP) is 4.24. The molecule has 1 amide bonds. The summed E-state index contributed by atoms with van der Waals surface area (Å²) >= 11 is 0. The third-order valence-electron chi connectivity index (χ3n) is 4.90. The highest BCUT2D eigenvalue weighted by atomic mass is 16.5. The van der Waals surface area contributed by atoms with Gasteiger partial charge in [-0.05, 0) is 57.5 Å². The van der Waals surface area contributed by atoms with E-state index in [1.165, 1.54) is 11.1 Å². The summed E-state index contributed by atoms with van der Waals surface area (Å²) in [6.07, 6.45) is 1.81. The fourth-order valence-electron chi connectivity index (χ4n) is 3.38. The van der Waals surface area contributed by atoms with Crippen molar-refractivity contribution in [3.05, 3.63) is 59.7 Å². The Morgan fingerprint density at radius 3 is 2.58 bits per heavy atom. The van der Waals surface area contributed by atoms with Crippen molar-refractivity contribution in [3.8, 4) is 5.75 Å². The van der Waals surface area contributed by atoms with Gasteiger partial charge in [0.1, 0.15) is 5.75 Å². The van der Waals surface area contributed by atoms with Crippen LogP contribution in [0.3, 0.4) is 0 Å². The molecule has 26 heavy (non-hydrogen) atoms. The van der Waals surface area contributed by atoms with Gasteiger partial charge in [0.15, 0.2) is 0 Å². The Hall–Kier alpha value is -2.33. The Labute approximate surface area is 156 Å². The number of hydrogen-bond acceptors (Lipinski definition) is 3. The van der Waals surface area contributed by atoms with Gasteiger partial charge in [0.25, 0.3) is 0 Å². The summed E-state index contributed by atoms with van der Waals surface area (Å²) in [5, 5.41) is 3.04. The highest BCUT2D eigenvalue weighted by Crippen LogP contribution is 2.23. The van der Waals surface area contributed by atoms with E-state index in [1.54, 1.807) is 0 Å². The number of amides is 1. The molecule has 0 aliphatic carbocycles. The average molecular weight is 352 g/mol. The number of aryl methyl sites for hydroxylation is 1. The molecule has 0 unspecified atom stereocenters. The number of ether oxygens (including phenoxy) is 1. The second-order valence-corrected chi connectivity index (χ2v) is 6.99. The van der Waals surface area contributed by atoms with E-state index >= 15 is 0 Å². The first-order valence-corrected chi connectivity index (χ1v) is 9.45. The Bertz CT molecular complexity index is 719. The van der Waals surface area contributed by atoms with E-state index in [2.05, 4.69) is 41.4 Å². The SMILES string of the molecule is CCOc1cccc(NC(=O)C2CCN(Cc3ccc(C)cc3)CC2)c1. The molecule has 1 heterocycles. The number of likely N-dealkylation sites (tertiary alicyclic amines) is 1. The number of carbonyl (C=O) groups is 1. The number of rotatable bonds is 6. The molecule has 0 saturated carbocycles. The smallest absolute Gasteiger partial charge is 0.227 e. The van der Waals surface area contributed by atoms with E-state index in [9.17, 15) is 4.79 Å². The van der Waals surface area contributed by atoms with E-state index in [0.717, 1.165) is 43.9 Å². The topological polar surface area (TPSA) is 41.6 Å². The Balaban J connectivity index is 1.48. The van der Waals surface area contributed by atoms with Crippen molar-refractivity contribution in [1.82, 2.24) is 4.90 Å². The third kappa shape index (κ3) is 5.09. The number of benzene rings is 2. The normalized spacial score (nSPS) is 15.6. The van der Waals surface area contributed by atoms with Crippen molar-refractivity contribution >= 4 is 11.6 Å². The lowest BCUT2D eigenvalue weighted by Gasteiger charge is -2.31. The van der Waals surface area contributed by atoms with Crippen molar-refractivity contribution in [3.63, 3.8) is 0 Å². The monoisotopic (exact) mass is 352 g/mol. The zero-order chi connectivity index (χ0) is 18.4. The molecule has 3 rings (SSSR count). The minimum atomic E-state index is 0.0833. The summed E-state index contributed by atoms with van der Waals surface area (Å²) in [4.78, 5) is 15.0. The van der Waals surface area contributed by atoms with Crippen LogP contribution in [-0.2, 0) is 11.3 Å². The maximum absolute atomic E-state index is 12.6. The van der Waals surface area contributed by atoms with E-state index in [1.807, 2.05) is 31.2 Å². The number of nitrogens with zero attached hydrogens (tertiary/aromatic N) is 1. The minimum Gasteiger partial charge on any atom is -0.494 e. The van der Waals surface area contributed by atoms with Gasteiger partial charge in [0.05, 0.1) is 6.61 Å². The van der Waals surface area contributed by atoms with Gasteiger partial charge in [-0.3, -0.25) is 9.69 Å². The van der Waals surface area contributed by atoms with Crippen LogP contribution in [0, 0.1) is 12.8 Å². The minimum absolute atomic E-state index is 0.0833. The van der Waals surface area contributed by atoms with E-state index < -0.39 is 0 Å². The van der Waals surface area contributed by atoms with Gasteiger partial charge in [0, 0.05) is 24.2 Å². The maximum atomic E-state index is 12.6. The molecule has 2 aromatic rings. The molecule has 0 aromatic heterocycles. The quantitative estimate of drug-likeness (QED) is 0.845. The largest absolute Gasteiger partial charge is 0.494 e. The molecule has 138 valence electrons. The molecular weight excluding hydrogens is 324 g/mol. The standard InChI is InChI=1S/C22H28N2O2/c1-3-26-21-6-4-5-20(15-21)23-22(25)19-11-13-24(14-12-19)16-18-9-7-17(2)8-10-18/h4-10,15,19H,3,11-14,16H2,1-2H3,(H,23,25). The fourth-order valence-corrected chi connectivity index (χ4v) is 3.38. The number of hydrogen-bond donors (Lipinski definition) is 1. The second kappa shape index (κ2) is 8.86. The Morgan fingerprint density at radius 2 is 1.88 bits per heavy atom. The van der Waals surface area contributed by atoms with E-state index in [-0.39, 0.29) is 11.8 Å². The molecule has 1 N–H and O–H groups in total. The van der Waals surface area contributed by atoms with Crippen LogP contribution >= 0.6 is 0 Å². The van der Waals surface area contributed by atoms with Gasteiger partial charge >= 0.3 is 0 Å². The van der Waals surface area contributed by atoms with Crippen LogP contribution in [0.5, 0.6) is 5.75 Å². The lowest BCUT2D eigenvalue weighted by Crippen LogP contribution is -2.37. The van der Waals surface area contributed by atoms with Crippen LogP contribution in [0.1, 0.15) is 30.9 Å². The van der Waals surface area contributed by atoms with Gasteiger partial charge in [-0.25, -0.2) is 0 Å².